The maximum atomic E-state index is 14.3. The number of nitrogens with zero attached hydrogens (tertiary/aromatic N) is 2. The summed E-state index contributed by atoms with van der Waals surface area (Å²) in [7, 11) is 0. The van der Waals surface area contributed by atoms with Crippen LogP contribution in [0.25, 0.3) is 0 Å². The number of carbonyl (C=O) groups excluding carboxylic acids is 2. The molecule has 2 aliphatic heterocycles. The number of thiophene rings is 1. The number of benzene rings is 2. The first-order chi connectivity index (χ1) is 18.5. The van der Waals surface area contributed by atoms with Gasteiger partial charge in [-0.1, -0.05) is 71.8 Å². The molecule has 0 radical (unpaired) electrons. The fourth-order valence-corrected chi connectivity index (χ4v) is 6.93. The number of halogens is 1. The third-order valence-electron chi connectivity index (χ3n) is 7.14. The molecule has 8 heteroatoms. The summed E-state index contributed by atoms with van der Waals surface area (Å²) >= 11 is 8.50. The minimum Gasteiger partial charge on any atom is -0.439 e. The molecule has 0 aliphatic carbocycles. The molecular weight excluding hydrogens is 518 g/mol. The van der Waals surface area contributed by atoms with Crippen LogP contribution in [0.4, 0.5) is 5.00 Å². The van der Waals surface area contributed by atoms with Crippen LogP contribution >= 0.6 is 22.9 Å². The number of hydrogen-bond donors (Lipinski definition) is 1. The Bertz CT molecular complexity index is 1340. The van der Waals surface area contributed by atoms with Crippen LogP contribution < -0.4 is 10.2 Å². The largest absolute Gasteiger partial charge is 0.439 e. The fraction of sp³-hybridized carbons (Fsp3) is 0.333. The number of amides is 1. The number of hydrogen-bond acceptors (Lipinski definition) is 6. The lowest BCUT2D eigenvalue weighted by Gasteiger charge is -2.35. The van der Waals surface area contributed by atoms with E-state index in [1.807, 2.05) is 66.1 Å². The van der Waals surface area contributed by atoms with E-state index >= 15 is 0 Å². The molecule has 0 bridgehead atoms. The maximum Gasteiger partial charge on any atom is 0.295 e. The van der Waals surface area contributed by atoms with Gasteiger partial charge in [0, 0.05) is 35.1 Å². The number of anilines is 1. The van der Waals surface area contributed by atoms with E-state index in [2.05, 4.69) is 23.5 Å². The van der Waals surface area contributed by atoms with E-state index in [9.17, 15) is 9.59 Å². The van der Waals surface area contributed by atoms with Crippen molar-refractivity contribution < 1.29 is 14.3 Å². The van der Waals surface area contributed by atoms with Gasteiger partial charge in [0.15, 0.2) is 0 Å². The maximum absolute atomic E-state index is 14.3. The third-order valence-corrected chi connectivity index (χ3v) is 8.75. The third kappa shape index (κ3) is 5.29. The monoisotopic (exact) mass is 549 g/mol. The second kappa shape index (κ2) is 11.8. The van der Waals surface area contributed by atoms with Gasteiger partial charge in [0.25, 0.3) is 12.4 Å². The Morgan fingerprint density at radius 2 is 1.92 bits per heavy atom. The average Bonchev–Trinajstić information content (AvgIpc) is 3.26. The van der Waals surface area contributed by atoms with Crippen molar-refractivity contribution in [1.29, 1.82) is 0 Å². The first-order valence-corrected chi connectivity index (χ1v) is 14.1. The summed E-state index contributed by atoms with van der Waals surface area (Å²) in [5, 5.41) is 5.02. The van der Waals surface area contributed by atoms with Crippen LogP contribution in [0.15, 0.2) is 66.2 Å². The Hall–Kier alpha value is -2.97. The summed E-state index contributed by atoms with van der Waals surface area (Å²) < 4.78 is 5.61. The Labute approximate surface area is 232 Å². The zero-order chi connectivity index (χ0) is 26.6. The molecule has 1 N–H and O–H groups in total. The van der Waals surface area contributed by atoms with Gasteiger partial charge in [0.1, 0.15) is 5.00 Å². The number of fused-ring (bicyclic) bond motifs is 3. The molecule has 1 aromatic heterocycles. The molecule has 3 heterocycles. The van der Waals surface area contributed by atoms with Gasteiger partial charge in [0.05, 0.1) is 6.04 Å². The van der Waals surface area contributed by atoms with Crippen molar-refractivity contribution in [3.63, 3.8) is 0 Å². The Morgan fingerprint density at radius 1 is 1.16 bits per heavy atom. The minimum absolute atomic E-state index is 0.238. The van der Waals surface area contributed by atoms with Crippen LogP contribution in [0.3, 0.4) is 0 Å². The molecular formula is C30H32ClN3O3S. The summed E-state index contributed by atoms with van der Waals surface area (Å²) in [6, 6.07) is 17.6. The average molecular weight is 550 g/mol. The van der Waals surface area contributed by atoms with Crippen LogP contribution in [0, 0.1) is 0 Å². The quantitative estimate of drug-likeness (QED) is 0.297. The highest BCUT2D eigenvalue weighted by molar-refractivity contribution is 7.16. The van der Waals surface area contributed by atoms with Crippen molar-refractivity contribution >= 4 is 40.3 Å². The number of nitrogens with one attached hydrogen (secondary N) is 1. The van der Waals surface area contributed by atoms with Gasteiger partial charge in [-0.3, -0.25) is 14.5 Å². The molecule has 0 spiro atoms. The summed E-state index contributed by atoms with van der Waals surface area (Å²) in [6.45, 7) is 6.97. The van der Waals surface area contributed by atoms with Crippen molar-refractivity contribution in [3.8, 4) is 0 Å². The highest BCUT2D eigenvalue weighted by Crippen LogP contribution is 2.49. The van der Waals surface area contributed by atoms with E-state index in [1.54, 1.807) is 11.3 Å². The van der Waals surface area contributed by atoms with Gasteiger partial charge in [-0.2, -0.15) is 0 Å². The molecule has 0 fully saturated rings. The van der Waals surface area contributed by atoms with Crippen molar-refractivity contribution in [2.24, 2.45) is 0 Å². The topological polar surface area (TPSA) is 61.9 Å². The summed E-state index contributed by atoms with van der Waals surface area (Å²) in [5.74, 6) is -0.238. The van der Waals surface area contributed by atoms with Gasteiger partial charge in [-0.25, -0.2) is 4.90 Å². The molecule has 1 amide bonds. The van der Waals surface area contributed by atoms with E-state index in [-0.39, 0.29) is 11.9 Å². The van der Waals surface area contributed by atoms with E-state index in [4.69, 9.17) is 16.3 Å². The normalized spacial score (nSPS) is 19.3. The van der Waals surface area contributed by atoms with Crippen LogP contribution in [0.1, 0.15) is 47.0 Å². The minimum atomic E-state index is -1.09. The second-order valence-corrected chi connectivity index (χ2v) is 11.4. The van der Waals surface area contributed by atoms with E-state index in [0.29, 0.717) is 31.0 Å². The van der Waals surface area contributed by atoms with Crippen LogP contribution in [0.5, 0.6) is 0 Å². The molecule has 2 aliphatic rings. The SMILES string of the molecule is CC(C)=CCN1C(OC=O)C(=O)N(CCc2ccccc2)c2sc3c(c2C1c1ccccc1Cl)CCNC3. The summed E-state index contributed by atoms with van der Waals surface area (Å²) in [6.07, 6.45) is 2.53. The molecule has 2 aromatic carbocycles. The van der Waals surface area contributed by atoms with Gasteiger partial charge in [-0.05, 0) is 56.0 Å². The highest BCUT2D eigenvalue weighted by Gasteiger charge is 2.45. The highest BCUT2D eigenvalue weighted by atomic mass is 35.5. The lowest BCUT2D eigenvalue weighted by molar-refractivity contribution is -0.156. The number of rotatable bonds is 8. The van der Waals surface area contributed by atoms with Crippen molar-refractivity contribution in [2.75, 3.05) is 24.5 Å². The van der Waals surface area contributed by atoms with Gasteiger partial charge in [0.2, 0.25) is 6.23 Å². The predicted octanol–water partition coefficient (Wildman–Crippen LogP) is 5.49. The molecule has 5 rings (SSSR count). The number of carbonyl (C=O) groups is 2. The Balaban J connectivity index is 1.72. The first-order valence-electron chi connectivity index (χ1n) is 12.9. The van der Waals surface area contributed by atoms with Crippen LogP contribution in [-0.4, -0.2) is 43.1 Å². The van der Waals surface area contributed by atoms with Crippen LogP contribution in [-0.2, 0) is 33.7 Å². The lowest BCUT2D eigenvalue weighted by atomic mass is 9.92. The molecule has 198 valence electrons. The molecule has 0 saturated carbocycles. The van der Waals surface area contributed by atoms with E-state index in [1.165, 1.54) is 10.4 Å². The second-order valence-electron chi connectivity index (χ2n) is 9.86. The predicted molar refractivity (Wildman–Crippen MR) is 153 cm³/mol. The summed E-state index contributed by atoms with van der Waals surface area (Å²) in [5.41, 5.74) is 5.52. The van der Waals surface area contributed by atoms with E-state index < -0.39 is 6.23 Å². The Morgan fingerprint density at radius 3 is 2.66 bits per heavy atom. The molecule has 2 atom stereocenters. The lowest BCUT2D eigenvalue weighted by Crippen LogP contribution is -2.50. The molecule has 2 unspecified atom stereocenters. The molecule has 3 aromatic rings. The molecule has 6 nitrogen and oxygen atoms in total. The number of allylic oxidation sites excluding steroid dienone is 1. The van der Waals surface area contributed by atoms with Gasteiger partial charge in [-0.15, -0.1) is 11.3 Å². The van der Waals surface area contributed by atoms with Gasteiger partial charge < -0.3 is 10.1 Å². The standard InChI is InChI=1S/C30H32ClN3O3S/c1-20(2)13-16-33-27(22-10-6-7-11-24(22)31)26-23-12-15-32-18-25(23)38-30(26)34(28(36)29(33)37-19-35)17-14-21-8-4-3-5-9-21/h3-11,13,19,27,29,32H,12,14-18H2,1-2H3. The fourth-order valence-electron chi connectivity index (χ4n) is 5.31. The zero-order valence-corrected chi connectivity index (χ0v) is 23.2. The summed E-state index contributed by atoms with van der Waals surface area (Å²) in [4.78, 5) is 31.1. The van der Waals surface area contributed by atoms with Crippen molar-refractivity contribution in [3.05, 3.63) is 98.4 Å². The first kappa shape index (κ1) is 26.6. The Kier molecular flexibility index (Phi) is 8.29. The van der Waals surface area contributed by atoms with Crippen molar-refractivity contribution in [1.82, 2.24) is 10.2 Å². The smallest absolute Gasteiger partial charge is 0.295 e. The molecule has 0 saturated heterocycles. The van der Waals surface area contributed by atoms with Crippen LogP contribution in [0.2, 0.25) is 5.02 Å². The van der Waals surface area contributed by atoms with Crippen molar-refractivity contribution in [2.45, 2.75) is 45.5 Å². The van der Waals surface area contributed by atoms with Gasteiger partial charge >= 0.3 is 0 Å². The molecule has 38 heavy (non-hydrogen) atoms. The zero-order valence-electron chi connectivity index (χ0n) is 21.7. The van der Waals surface area contributed by atoms with E-state index in [0.717, 1.165) is 46.8 Å². The number of ether oxygens (including phenoxy) is 1.